The third-order valence-corrected chi connectivity index (χ3v) is 5.58. The predicted octanol–water partition coefficient (Wildman–Crippen LogP) is -0.120. The van der Waals surface area contributed by atoms with Crippen LogP contribution in [-0.2, 0) is 0 Å². The van der Waals surface area contributed by atoms with E-state index < -0.39 is 12.1 Å². The van der Waals surface area contributed by atoms with Crippen molar-refractivity contribution in [2.24, 2.45) is 11.5 Å². The Kier molecular flexibility index (Phi) is 9.58. The molecule has 1 aliphatic heterocycles. The first kappa shape index (κ1) is 24.9. The second kappa shape index (κ2) is 11.9. The molecule has 0 spiro atoms. The lowest BCUT2D eigenvalue weighted by Gasteiger charge is -2.11. The van der Waals surface area contributed by atoms with Crippen LogP contribution in [0.15, 0.2) is 22.7 Å². The highest BCUT2D eigenvalue weighted by Gasteiger charge is 2.39. The molecule has 0 amide bonds. The summed E-state index contributed by atoms with van der Waals surface area (Å²) in [6.07, 6.45) is 7.33. The zero-order valence-corrected chi connectivity index (χ0v) is 19.1. The van der Waals surface area contributed by atoms with Gasteiger partial charge in [0.25, 0.3) is 5.89 Å². The molecule has 31 heavy (non-hydrogen) atoms. The first-order valence-corrected chi connectivity index (χ1v) is 10.9. The lowest BCUT2D eigenvalue weighted by atomic mass is 10.1. The van der Waals surface area contributed by atoms with Crippen LogP contribution in [0.2, 0.25) is 0 Å². The summed E-state index contributed by atoms with van der Waals surface area (Å²) in [5.41, 5.74) is 13.3. The number of benzene rings is 1. The molecule has 8 nitrogen and oxygen atoms in total. The Morgan fingerprint density at radius 3 is 2.68 bits per heavy atom. The summed E-state index contributed by atoms with van der Waals surface area (Å²) in [5.74, 6) is 1.78. The molecule has 5 N–H and O–H groups in total. The molecule has 1 saturated heterocycles. The lowest BCUT2D eigenvalue weighted by Crippen LogP contribution is -3.00. The Morgan fingerprint density at radius 2 is 1.97 bits per heavy atom. The van der Waals surface area contributed by atoms with Crippen LogP contribution in [0, 0.1) is 6.92 Å². The fourth-order valence-electron chi connectivity index (χ4n) is 3.85. The summed E-state index contributed by atoms with van der Waals surface area (Å²) in [6.45, 7) is 5.51. The van der Waals surface area contributed by atoms with Gasteiger partial charge in [0.2, 0.25) is 5.82 Å². The molecule has 1 aromatic carbocycles. The second-order valence-corrected chi connectivity index (χ2v) is 7.97. The van der Waals surface area contributed by atoms with Crippen molar-refractivity contribution in [2.45, 2.75) is 70.9 Å². The number of aryl methyl sites for hydroxylation is 1. The molecule has 172 valence electrons. The highest BCUT2D eigenvalue weighted by atomic mass is 35.5. The standard InChI is InChI=1S/C22H33N5O3.ClH/c1-3-4-5-6-7-8-13-29-18-10-9-16(14-15(18)2)20-25-21(30-26-20)19-17(28)11-12-27(19)22(23)24;/h9-10,14,17,19,28H,3-8,11-13H2,1-2H3,(H3,23,24);1H/t17-,19+;/m1./s1. The predicted molar refractivity (Wildman–Crippen MR) is 115 cm³/mol. The molecule has 3 rings (SSSR count). The molecule has 0 bridgehead atoms. The maximum atomic E-state index is 10.3. The first-order valence-electron chi connectivity index (χ1n) is 10.9. The summed E-state index contributed by atoms with van der Waals surface area (Å²) < 4.78 is 13.1. The van der Waals surface area contributed by atoms with Crippen molar-refractivity contribution in [1.82, 2.24) is 10.1 Å². The summed E-state index contributed by atoms with van der Waals surface area (Å²) in [7, 11) is 0. The highest BCUT2D eigenvalue weighted by Crippen LogP contribution is 2.30. The third-order valence-electron chi connectivity index (χ3n) is 5.58. The monoisotopic (exact) mass is 451 g/mol. The maximum Gasteiger partial charge on any atom is 0.341 e. The van der Waals surface area contributed by atoms with Crippen LogP contribution in [0.25, 0.3) is 11.4 Å². The topological polar surface area (TPSA) is 123 Å². The number of unbranched alkanes of at least 4 members (excludes halogenated alkanes) is 5. The largest absolute Gasteiger partial charge is 1.00 e. The van der Waals surface area contributed by atoms with Gasteiger partial charge in [0.05, 0.1) is 19.3 Å². The van der Waals surface area contributed by atoms with Crippen molar-refractivity contribution in [1.29, 1.82) is 0 Å². The van der Waals surface area contributed by atoms with Crippen molar-refractivity contribution >= 4 is 5.96 Å². The van der Waals surface area contributed by atoms with Gasteiger partial charge in [-0.1, -0.05) is 44.2 Å². The van der Waals surface area contributed by atoms with E-state index in [1.807, 2.05) is 25.1 Å². The van der Waals surface area contributed by atoms with Crippen LogP contribution >= 0.6 is 0 Å². The smallest absolute Gasteiger partial charge is 0.341 e. The minimum absolute atomic E-state index is 0. The van der Waals surface area contributed by atoms with Gasteiger partial charge in [-0.15, -0.1) is 0 Å². The molecule has 1 aromatic heterocycles. The number of aromatic nitrogens is 2. The number of rotatable bonds is 10. The fraction of sp³-hybridized carbons (Fsp3) is 0.591. The Bertz CT molecular complexity index is 867. The van der Waals surface area contributed by atoms with Gasteiger partial charge >= 0.3 is 5.96 Å². The van der Waals surface area contributed by atoms with Gasteiger partial charge in [-0.05, 0) is 37.1 Å². The number of nitrogens with two attached hydrogens (primary N) is 2. The summed E-state index contributed by atoms with van der Waals surface area (Å²) in [4.78, 5) is 4.48. The van der Waals surface area contributed by atoms with Crippen LogP contribution in [0.4, 0.5) is 0 Å². The van der Waals surface area contributed by atoms with E-state index in [0.29, 0.717) is 24.7 Å². The lowest BCUT2D eigenvalue weighted by molar-refractivity contribution is -0.560. The van der Waals surface area contributed by atoms with Gasteiger partial charge in [0.15, 0.2) is 6.04 Å². The molecule has 2 heterocycles. The Morgan fingerprint density at radius 1 is 1.23 bits per heavy atom. The van der Waals surface area contributed by atoms with E-state index in [0.717, 1.165) is 29.9 Å². The van der Waals surface area contributed by atoms with E-state index >= 15 is 0 Å². The number of guanidine groups is 1. The summed E-state index contributed by atoms with van der Waals surface area (Å²) in [5, 5.41) is 14.4. The molecule has 2 aromatic rings. The molecule has 1 fully saturated rings. The molecule has 9 heteroatoms. The van der Waals surface area contributed by atoms with Gasteiger partial charge in [0, 0.05) is 12.0 Å². The average molecular weight is 452 g/mol. The van der Waals surface area contributed by atoms with E-state index in [9.17, 15) is 5.11 Å². The Hall–Kier alpha value is -2.32. The molecule has 0 saturated carbocycles. The average Bonchev–Trinajstić information content (AvgIpc) is 3.35. The number of ether oxygens (including phenoxy) is 1. The minimum Gasteiger partial charge on any atom is -1.00 e. The number of nitrogens with zero attached hydrogens (tertiary/aromatic N) is 3. The second-order valence-electron chi connectivity index (χ2n) is 7.97. The van der Waals surface area contributed by atoms with Crippen LogP contribution in [0.5, 0.6) is 5.75 Å². The third kappa shape index (κ3) is 6.33. The molecule has 0 aliphatic carbocycles. The summed E-state index contributed by atoms with van der Waals surface area (Å²) in [6, 6.07) is 5.33. The minimum atomic E-state index is -0.653. The number of aliphatic hydroxyl groups excluding tert-OH is 1. The zero-order chi connectivity index (χ0) is 21.5. The number of halogens is 1. The van der Waals surface area contributed by atoms with Crippen molar-refractivity contribution in [3.8, 4) is 17.1 Å². The highest BCUT2D eigenvalue weighted by molar-refractivity contribution is 5.70. The normalized spacial score (nSPS) is 18.1. The molecular formula is C22H34ClN5O3. The Labute approximate surface area is 190 Å². The first-order chi connectivity index (χ1) is 14.5. The van der Waals surface area contributed by atoms with Crippen LogP contribution in [0.3, 0.4) is 0 Å². The maximum absolute atomic E-state index is 10.3. The van der Waals surface area contributed by atoms with Crippen molar-refractivity contribution in [3.05, 3.63) is 29.7 Å². The van der Waals surface area contributed by atoms with E-state index in [-0.39, 0.29) is 18.4 Å². The summed E-state index contributed by atoms with van der Waals surface area (Å²) >= 11 is 0. The van der Waals surface area contributed by atoms with E-state index in [2.05, 4.69) is 17.1 Å². The molecule has 0 radical (unpaired) electrons. The van der Waals surface area contributed by atoms with Gasteiger partial charge in [-0.25, -0.2) is 0 Å². The van der Waals surface area contributed by atoms with Gasteiger partial charge in [0.1, 0.15) is 5.75 Å². The molecule has 0 unspecified atom stereocenters. The van der Waals surface area contributed by atoms with Gasteiger partial charge in [-0.3, -0.25) is 16.0 Å². The number of hydrogen-bond acceptors (Lipinski definition) is 5. The van der Waals surface area contributed by atoms with Crippen LogP contribution < -0.4 is 28.6 Å². The van der Waals surface area contributed by atoms with E-state index in [1.165, 1.54) is 32.1 Å². The van der Waals surface area contributed by atoms with Crippen molar-refractivity contribution in [3.63, 3.8) is 0 Å². The van der Waals surface area contributed by atoms with Gasteiger partial charge in [-0.2, -0.15) is 4.98 Å². The van der Waals surface area contributed by atoms with Crippen LogP contribution in [-0.4, -0.2) is 45.0 Å². The van der Waals surface area contributed by atoms with Crippen LogP contribution in [0.1, 0.15) is 69.4 Å². The molecule has 1 aliphatic rings. The zero-order valence-electron chi connectivity index (χ0n) is 18.4. The van der Waals surface area contributed by atoms with Crippen molar-refractivity contribution < 1.29 is 31.3 Å². The SMILES string of the molecule is CCCCCCCCOc1ccc(-c2noc([C@@H]3[C@H](O)CC[N+]3=C(N)N)n2)cc1C.[Cl-]. The quantitative estimate of drug-likeness (QED) is 0.261. The van der Waals surface area contributed by atoms with Crippen molar-refractivity contribution in [2.75, 3.05) is 13.2 Å². The molecular weight excluding hydrogens is 418 g/mol. The van der Waals surface area contributed by atoms with E-state index in [4.69, 9.17) is 20.7 Å². The fourth-order valence-corrected chi connectivity index (χ4v) is 3.85. The van der Waals surface area contributed by atoms with E-state index in [1.54, 1.807) is 4.58 Å². The number of hydrogen-bond donors (Lipinski definition) is 3. The Balaban J connectivity index is 0.00000341. The van der Waals surface area contributed by atoms with Gasteiger partial charge < -0.3 is 26.8 Å². The molecule has 2 atom stereocenters. The number of aliphatic hydroxyl groups is 1.